The molecule has 0 saturated carbocycles. The maximum absolute atomic E-state index is 5.94. The number of benzene rings is 1. The fourth-order valence-corrected chi connectivity index (χ4v) is 3.11. The van der Waals surface area contributed by atoms with Gasteiger partial charge in [0.05, 0.1) is 28.0 Å². The van der Waals surface area contributed by atoms with Crippen molar-refractivity contribution in [2.24, 2.45) is 0 Å². The SMILES string of the molecule is Nc1cc(Cl)c(Cl)cc1NCc1sccc1Br. The summed E-state index contributed by atoms with van der Waals surface area (Å²) in [6.07, 6.45) is 0. The summed E-state index contributed by atoms with van der Waals surface area (Å²) in [6, 6.07) is 5.40. The van der Waals surface area contributed by atoms with Crippen molar-refractivity contribution in [3.63, 3.8) is 0 Å². The van der Waals surface area contributed by atoms with Crippen molar-refractivity contribution in [2.45, 2.75) is 6.54 Å². The zero-order valence-corrected chi connectivity index (χ0v) is 12.6. The molecule has 2 nitrogen and oxygen atoms in total. The van der Waals surface area contributed by atoms with E-state index in [1.807, 2.05) is 11.4 Å². The molecule has 0 spiro atoms. The molecule has 0 aliphatic heterocycles. The third-order valence-electron chi connectivity index (χ3n) is 2.22. The van der Waals surface area contributed by atoms with Gasteiger partial charge in [0.25, 0.3) is 0 Å². The van der Waals surface area contributed by atoms with Crippen LogP contribution in [0, 0.1) is 0 Å². The number of halogens is 3. The smallest absolute Gasteiger partial charge is 0.0614 e. The van der Waals surface area contributed by atoms with Crippen molar-refractivity contribution in [1.29, 1.82) is 0 Å². The van der Waals surface area contributed by atoms with Gasteiger partial charge in [-0.25, -0.2) is 0 Å². The quantitative estimate of drug-likeness (QED) is 0.762. The monoisotopic (exact) mass is 350 g/mol. The van der Waals surface area contributed by atoms with Crippen LogP contribution in [0.3, 0.4) is 0 Å². The van der Waals surface area contributed by atoms with Crippen molar-refractivity contribution in [3.8, 4) is 0 Å². The molecule has 2 rings (SSSR count). The zero-order chi connectivity index (χ0) is 12.4. The molecule has 0 fully saturated rings. The third kappa shape index (κ3) is 3.07. The van der Waals surface area contributed by atoms with Crippen LogP contribution in [0.5, 0.6) is 0 Å². The number of thiophene rings is 1. The Kier molecular flexibility index (Phi) is 4.20. The number of nitrogens with two attached hydrogens (primary N) is 1. The Labute approximate surface area is 122 Å². The maximum atomic E-state index is 5.94. The van der Waals surface area contributed by atoms with Gasteiger partial charge in [0.2, 0.25) is 0 Å². The number of nitrogen functional groups attached to an aromatic ring is 1. The third-order valence-corrected chi connectivity index (χ3v) is 4.87. The standard InChI is InChI=1S/C11H9BrCl2N2S/c12-6-1-2-17-11(6)5-16-10-4-8(14)7(13)3-9(10)15/h1-4,16H,5,15H2. The Morgan fingerprint density at radius 3 is 2.65 bits per heavy atom. The molecule has 0 aliphatic rings. The first-order valence-electron chi connectivity index (χ1n) is 4.78. The number of anilines is 2. The lowest BCUT2D eigenvalue weighted by Gasteiger charge is -2.10. The zero-order valence-electron chi connectivity index (χ0n) is 8.64. The molecular weight excluding hydrogens is 343 g/mol. The first-order valence-corrected chi connectivity index (χ1v) is 7.21. The minimum atomic E-state index is 0.465. The molecule has 0 unspecified atom stereocenters. The van der Waals surface area contributed by atoms with Gasteiger partial charge in [-0.2, -0.15) is 0 Å². The molecule has 1 heterocycles. The van der Waals surface area contributed by atoms with Crippen molar-refractivity contribution in [1.82, 2.24) is 0 Å². The summed E-state index contributed by atoms with van der Waals surface area (Å²) in [5, 5.41) is 6.22. The predicted molar refractivity (Wildman–Crippen MR) is 80.2 cm³/mol. The fraction of sp³-hybridized carbons (Fsp3) is 0.0909. The average Bonchev–Trinajstić information content (AvgIpc) is 2.68. The molecule has 0 saturated heterocycles. The van der Waals surface area contributed by atoms with E-state index in [4.69, 9.17) is 28.9 Å². The summed E-state index contributed by atoms with van der Waals surface area (Å²) in [5.41, 5.74) is 7.24. The van der Waals surface area contributed by atoms with E-state index in [1.54, 1.807) is 23.5 Å². The lowest BCUT2D eigenvalue weighted by atomic mass is 10.2. The molecule has 0 radical (unpaired) electrons. The molecule has 90 valence electrons. The highest BCUT2D eigenvalue weighted by Gasteiger charge is 2.06. The molecule has 1 aromatic carbocycles. The molecule has 2 aromatic rings. The van der Waals surface area contributed by atoms with Crippen molar-refractivity contribution >= 4 is 61.8 Å². The van der Waals surface area contributed by atoms with E-state index in [0.29, 0.717) is 22.3 Å². The Bertz CT molecular complexity index is 542. The number of rotatable bonds is 3. The summed E-state index contributed by atoms with van der Waals surface area (Å²) < 4.78 is 1.09. The van der Waals surface area contributed by atoms with E-state index in [1.165, 1.54) is 4.88 Å². The summed E-state index contributed by atoms with van der Waals surface area (Å²) in [5.74, 6) is 0. The second-order valence-electron chi connectivity index (χ2n) is 3.40. The van der Waals surface area contributed by atoms with Crippen LogP contribution in [-0.4, -0.2) is 0 Å². The van der Waals surface area contributed by atoms with E-state index in [-0.39, 0.29) is 0 Å². The van der Waals surface area contributed by atoms with Crippen LogP contribution in [0.15, 0.2) is 28.1 Å². The Morgan fingerprint density at radius 2 is 2.00 bits per heavy atom. The largest absolute Gasteiger partial charge is 0.397 e. The highest BCUT2D eigenvalue weighted by atomic mass is 79.9. The van der Waals surface area contributed by atoms with Gasteiger partial charge in [0, 0.05) is 9.35 Å². The molecule has 0 atom stereocenters. The molecular formula is C11H9BrCl2N2S. The summed E-state index contributed by atoms with van der Waals surface area (Å²) >= 11 is 17.0. The normalized spacial score (nSPS) is 10.5. The van der Waals surface area contributed by atoms with Gasteiger partial charge in [0.1, 0.15) is 0 Å². The van der Waals surface area contributed by atoms with Gasteiger partial charge in [-0.05, 0) is 39.5 Å². The molecule has 6 heteroatoms. The maximum Gasteiger partial charge on any atom is 0.0614 e. The number of hydrogen-bond donors (Lipinski definition) is 2. The number of hydrogen-bond acceptors (Lipinski definition) is 3. The number of nitrogens with one attached hydrogen (secondary N) is 1. The first-order chi connectivity index (χ1) is 8.08. The minimum absolute atomic E-state index is 0.465. The lowest BCUT2D eigenvalue weighted by molar-refractivity contribution is 1.18. The van der Waals surface area contributed by atoms with Crippen LogP contribution >= 0.6 is 50.5 Å². The van der Waals surface area contributed by atoms with Gasteiger partial charge >= 0.3 is 0 Å². The van der Waals surface area contributed by atoms with E-state index < -0.39 is 0 Å². The minimum Gasteiger partial charge on any atom is -0.397 e. The first kappa shape index (κ1) is 13.0. The van der Waals surface area contributed by atoms with E-state index >= 15 is 0 Å². The van der Waals surface area contributed by atoms with Gasteiger partial charge in [-0.3, -0.25) is 0 Å². The Hall–Kier alpha value is -0.420. The van der Waals surface area contributed by atoms with Gasteiger partial charge in [-0.1, -0.05) is 23.2 Å². The predicted octanol–water partition coefficient (Wildman–Crippen LogP) is 5.01. The second kappa shape index (κ2) is 5.48. The second-order valence-corrected chi connectivity index (χ2v) is 6.07. The summed E-state index contributed by atoms with van der Waals surface area (Å²) in [4.78, 5) is 1.20. The van der Waals surface area contributed by atoms with E-state index in [0.717, 1.165) is 10.2 Å². The average molecular weight is 352 g/mol. The van der Waals surface area contributed by atoms with Crippen LogP contribution in [0.2, 0.25) is 10.0 Å². The Balaban J connectivity index is 2.14. The van der Waals surface area contributed by atoms with Gasteiger partial charge in [0.15, 0.2) is 0 Å². The molecule has 0 aliphatic carbocycles. The van der Waals surface area contributed by atoms with Crippen molar-refractivity contribution in [2.75, 3.05) is 11.1 Å². The summed E-state index contributed by atoms with van der Waals surface area (Å²) in [6.45, 7) is 0.695. The van der Waals surface area contributed by atoms with Crippen LogP contribution < -0.4 is 11.1 Å². The topological polar surface area (TPSA) is 38.0 Å². The van der Waals surface area contributed by atoms with E-state index in [2.05, 4.69) is 21.2 Å². The molecule has 1 aromatic heterocycles. The molecule has 0 bridgehead atoms. The van der Waals surface area contributed by atoms with Gasteiger partial charge in [-0.15, -0.1) is 11.3 Å². The van der Waals surface area contributed by atoms with Crippen LogP contribution in [-0.2, 0) is 6.54 Å². The highest BCUT2D eigenvalue weighted by molar-refractivity contribution is 9.10. The molecule has 17 heavy (non-hydrogen) atoms. The highest BCUT2D eigenvalue weighted by Crippen LogP contribution is 2.31. The van der Waals surface area contributed by atoms with Gasteiger partial charge < -0.3 is 11.1 Å². The van der Waals surface area contributed by atoms with Crippen LogP contribution in [0.4, 0.5) is 11.4 Å². The lowest BCUT2D eigenvalue weighted by Crippen LogP contribution is -2.01. The fourth-order valence-electron chi connectivity index (χ4n) is 1.34. The summed E-state index contributed by atoms with van der Waals surface area (Å²) in [7, 11) is 0. The Morgan fingerprint density at radius 1 is 1.29 bits per heavy atom. The van der Waals surface area contributed by atoms with Crippen LogP contribution in [0.1, 0.15) is 4.88 Å². The van der Waals surface area contributed by atoms with E-state index in [9.17, 15) is 0 Å². The molecule has 0 amide bonds. The van der Waals surface area contributed by atoms with Crippen molar-refractivity contribution < 1.29 is 0 Å². The van der Waals surface area contributed by atoms with Crippen molar-refractivity contribution in [3.05, 3.63) is 43.0 Å². The molecule has 3 N–H and O–H groups in total. The van der Waals surface area contributed by atoms with Crippen LogP contribution in [0.25, 0.3) is 0 Å².